The van der Waals surface area contributed by atoms with E-state index >= 15 is 0 Å². The third-order valence-corrected chi connectivity index (χ3v) is 8.04. The van der Waals surface area contributed by atoms with E-state index in [2.05, 4.69) is 47.6 Å². The summed E-state index contributed by atoms with van der Waals surface area (Å²) in [5.41, 5.74) is 5.66. The monoisotopic (exact) mass is 448 g/mol. The standard InChI is InChI=1S/C27H36N4O2/c1-17(2)23-11-16-33-31(23)25(21-9-12-27(13-10-21)14-15-27)26(32)28-22-7-5-20(6-8-22)24-18(3)29-30-19(24)4/h5-8,11,16-17,21,23,25H,9-10,12-15H2,1-4H3,(H,28,32)(H,29,30)/t23?,25-/m0/s1. The van der Waals surface area contributed by atoms with Crippen LogP contribution in [0.4, 0.5) is 5.69 Å². The van der Waals surface area contributed by atoms with Gasteiger partial charge in [-0.15, -0.1) is 5.06 Å². The van der Waals surface area contributed by atoms with E-state index in [0.717, 1.165) is 41.0 Å². The minimum absolute atomic E-state index is 0.0320. The van der Waals surface area contributed by atoms with Gasteiger partial charge < -0.3 is 10.2 Å². The van der Waals surface area contributed by atoms with Crippen molar-refractivity contribution in [1.29, 1.82) is 0 Å². The largest absolute Gasteiger partial charge is 0.413 e. The zero-order valence-corrected chi connectivity index (χ0v) is 20.2. The SMILES string of the molecule is Cc1n[nH]c(C)c1-c1ccc(NC(=O)[C@H](C2CCC3(CC2)CC3)N2OC=CC2C(C)C)cc1. The molecule has 2 saturated carbocycles. The van der Waals surface area contributed by atoms with Crippen molar-refractivity contribution >= 4 is 11.6 Å². The molecule has 5 rings (SSSR count). The number of aromatic amines is 1. The number of carbonyl (C=O) groups is 1. The third kappa shape index (κ3) is 4.33. The Balaban J connectivity index is 1.34. The average Bonchev–Trinajstić information content (AvgIpc) is 3.21. The van der Waals surface area contributed by atoms with Crippen molar-refractivity contribution in [2.24, 2.45) is 17.3 Å². The minimum atomic E-state index is -0.290. The maximum atomic E-state index is 13.7. The second-order valence-electron chi connectivity index (χ2n) is 10.7. The number of hydrogen-bond donors (Lipinski definition) is 2. The van der Waals surface area contributed by atoms with Gasteiger partial charge in [-0.2, -0.15) is 5.10 Å². The molecule has 0 bridgehead atoms. The van der Waals surface area contributed by atoms with E-state index in [-0.39, 0.29) is 18.0 Å². The Kier molecular flexibility index (Phi) is 5.81. The predicted octanol–water partition coefficient (Wildman–Crippen LogP) is 5.76. The highest BCUT2D eigenvalue weighted by Gasteiger charge is 2.49. The second kappa shape index (κ2) is 8.64. The lowest BCUT2D eigenvalue weighted by molar-refractivity contribution is -0.172. The number of anilines is 1. The molecule has 6 nitrogen and oxygen atoms in total. The normalized spacial score (nSPS) is 23.1. The van der Waals surface area contributed by atoms with Gasteiger partial charge in [0.2, 0.25) is 5.91 Å². The highest BCUT2D eigenvalue weighted by molar-refractivity contribution is 5.95. The number of amides is 1. The predicted molar refractivity (Wildman–Crippen MR) is 130 cm³/mol. The molecule has 1 amide bonds. The van der Waals surface area contributed by atoms with Gasteiger partial charge in [-0.3, -0.25) is 9.89 Å². The summed E-state index contributed by atoms with van der Waals surface area (Å²) in [5, 5.41) is 12.5. The Labute approximate surface area is 196 Å². The summed E-state index contributed by atoms with van der Waals surface area (Å²) in [7, 11) is 0. The molecule has 0 radical (unpaired) electrons. The molecule has 0 saturated heterocycles. The van der Waals surface area contributed by atoms with Crippen LogP contribution in [0.25, 0.3) is 11.1 Å². The van der Waals surface area contributed by atoms with Crippen molar-refractivity contribution in [3.63, 3.8) is 0 Å². The molecule has 1 unspecified atom stereocenters. The van der Waals surface area contributed by atoms with E-state index in [1.807, 2.05) is 31.0 Å². The summed E-state index contributed by atoms with van der Waals surface area (Å²) in [4.78, 5) is 19.6. The highest BCUT2D eigenvalue weighted by Crippen LogP contribution is 2.57. The van der Waals surface area contributed by atoms with Crippen LogP contribution < -0.4 is 5.32 Å². The lowest BCUT2D eigenvalue weighted by Crippen LogP contribution is -2.52. The Hall–Kier alpha value is -2.60. The number of aryl methyl sites for hydroxylation is 2. The Bertz CT molecular complexity index is 1010. The number of aromatic nitrogens is 2. The van der Waals surface area contributed by atoms with Crippen molar-refractivity contribution < 1.29 is 9.63 Å². The van der Waals surface area contributed by atoms with E-state index in [0.29, 0.717) is 17.3 Å². The number of carbonyl (C=O) groups excluding carboxylic acids is 1. The minimum Gasteiger partial charge on any atom is -0.413 e. The third-order valence-electron chi connectivity index (χ3n) is 8.04. The average molecular weight is 449 g/mol. The molecule has 176 valence electrons. The van der Waals surface area contributed by atoms with Crippen LogP contribution in [-0.2, 0) is 9.63 Å². The number of nitrogens with zero attached hydrogens (tertiary/aromatic N) is 2. The summed E-state index contributed by atoms with van der Waals surface area (Å²) in [6, 6.07) is 7.90. The van der Waals surface area contributed by atoms with E-state index in [4.69, 9.17) is 4.84 Å². The summed E-state index contributed by atoms with van der Waals surface area (Å²) in [6.45, 7) is 8.40. The zero-order chi connectivity index (χ0) is 23.2. The number of benzene rings is 1. The number of nitrogens with one attached hydrogen (secondary N) is 2. The van der Waals surface area contributed by atoms with E-state index in [1.165, 1.54) is 25.7 Å². The molecule has 6 heteroatoms. The van der Waals surface area contributed by atoms with Crippen molar-refractivity contribution in [1.82, 2.24) is 15.3 Å². The molecule has 3 aliphatic rings. The molecule has 2 heterocycles. The molecule has 2 N–H and O–H groups in total. The van der Waals surface area contributed by atoms with E-state index in [1.54, 1.807) is 6.26 Å². The quantitative estimate of drug-likeness (QED) is 0.590. The highest BCUT2D eigenvalue weighted by atomic mass is 16.7. The molecule has 2 aliphatic carbocycles. The van der Waals surface area contributed by atoms with Crippen LogP contribution in [0.15, 0.2) is 36.6 Å². The van der Waals surface area contributed by atoms with Gasteiger partial charge in [0.15, 0.2) is 0 Å². The summed E-state index contributed by atoms with van der Waals surface area (Å²) in [6.07, 6.45) is 11.3. The molecule has 1 aromatic carbocycles. The van der Waals surface area contributed by atoms with E-state index in [9.17, 15) is 4.79 Å². The van der Waals surface area contributed by atoms with E-state index < -0.39 is 0 Å². The topological polar surface area (TPSA) is 70.2 Å². The van der Waals surface area contributed by atoms with Gasteiger partial charge in [0, 0.05) is 16.9 Å². The smallest absolute Gasteiger partial charge is 0.245 e. The second-order valence-corrected chi connectivity index (χ2v) is 10.7. The van der Waals surface area contributed by atoms with Crippen LogP contribution in [0.5, 0.6) is 0 Å². The van der Waals surface area contributed by atoms with Crippen molar-refractivity contribution in [2.75, 3.05) is 5.32 Å². The maximum Gasteiger partial charge on any atom is 0.245 e. The number of hydroxylamine groups is 2. The molecule has 2 aromatic rings. The van der Waals surface area contributed by atoms with Crippen molar-refractivity contribution in [3.8, 4) is 11.1 Å². The fraction of sp³-hybridized carbons (Fsp3) is 0.556. The number of H-pyrrole nitrogens is 1. The fourth-order valence-corrected chi connectivity index (χ4v) is 5.80. The summed E-state index contributed by atoms with van der Waals surface area (Å²) >= 11 is 0. The molecular weight excluding hydrogens is 412 g/mol. The Morgan fingerprint density at radius 2 is 1.85 bits per heavy atom. The van der Waals surface area contributed by atoms with Crippen molar-refractivity contribution in [3.05, 3.63) is 48.0 Å². The van der Waals surface area contributed by atoms with Crippen LogP contribution in [0.1, 0.15) is 63.8 Å². The molecule has 1 aromatic heterocycles. The summed E-state index contributed by atoms with van der Waals surface area (Å²) in [5.74, 6) is 0.718. The molecule has 2 atom stereocenters. The van der Waals surface area contributed by atoms with Gasteiger partial charge in [0.05, 0.1) is 11.7 Å². The first-order valence-corrected chi connectivity index (χ1v) is 12.4. The molecule has 1 spiro atoms. The summed E-state index contributed by atoms with van der Waals surface area (Å²) < 4.78 is 0. The lowest BCUT2D eigenvalue weighted by atomic mass is 9.76. The van der Waals surface area contributed by atoms with Gasteiger partial charge in [-0.1, -0.05) is 26.0 Å². The Morgan fingerprint density at radius 3 is 2.42 bits per heavy atom. The molecule has 1 aliphatic heterocycles. The number of rotatable bonds is 6. The first-order valence-electron chi connectivity index (χ1n) is 12.4. The van der Waals surface area contributed by atoms with Gasteiger partial charge in [-0.05, 0) is 93.4 Å². The van der Waals surface area contributed by atoms with Crippen molar-refractivity contribution in [2.45, 2.75) is 78.3 Å². The first-order chi connectivity index (χ1) is 15.9. The van der Waals surface area contributed by atoms with Crippen LogP contribution >= 0.6 is 0 Å². The van der Waals surface area contributed by atoms with Crippen LogP contribution in [0.3, 0.4) is 0 Å². The van der Waals surface area contributed by atoms with Gasteiger partial charge in [0.1, 0.15) is 12.3 Å². The fourth-order valence-electron chi connectivity index (χ4n) is 5.80. The van der Waals surface area contributed by atoms with Crippen LogP contribution in [0.2, 0.25) is 0 Å². The van der Waals surface area contributed by atoms with Crippen LogP contribution in [-0.4, -0.2) is 33.3 Å². The van der Waals surface area contributed by atoms with Gasteiger partial charge >= 0.3 is 0 Å². The first kappa shape index (κ1) is 22.2. The van der Waals surface area contributed by atoms with Crippen LogP contribution in [0, 0.1) is 31.1 Å². The maximum absolute atomic E-state index is 13.7. The molecule has 33 heavy (non-hydrogen) atoms. The van der Waals surface area contributed by atoms with Gasteiger partial charge in [-0.25, -0.2) is 0 Å². The number of hydrogen-bond acceptors (Lipinski definition) is 4. The Morgan fingerprint density at radius 1 is 1.15 bits per heavy atom. The molecule has 2 fully saturated rings. The lowest BCUT2D eigenvalue weighted by Gasteiger charge is -2.39. The zero-order valence-electron chi connectivity index (χ0n) is 20.2. The molecular formula is C27H36N4O2. The van der Waals surface area contributed by atoms with Gasteiger partial charge in [0.25, 0.3) is 0 Å².